The van der Waals surface area contributed by atoms with Gasteiger partial charge in [-0.1, -0.05) is 24.3 Å². The number of benzene rings is 1. The minimum Gasteiger partial charge on any atom is -0.496 e. The molecule has 3 aliphatic rings. The van der Waals surface area contributed by atoms with Crippen LogP contribution in [0.3, 0.4) is 0 Å². The molecule has 2 aliphatic carbocycles. The quantitative estimate of drug-likeness (QED) is 0.744. The molecule has 2 aromatic rings. The Morgan fingerprint density at radius 2 is 2.00 bits per heavy atom. The molecule has 3 atom stereocenters. The number of fused-ring (bicyclic) bond motifs is 3. The van der Waals surface area contributed by atoms with Gasteiger partial charge in [-0.3, -0.25) is 9.59 Å². The van der Waals surface area contributed by atoms with E-state index in [1.165, 1.54) is 0 Å². The van der Waals surface area contributed by atoms with Crippen LogP contribution >= 0.6 is 0 Å². The average molecular weight is 422 g/mol. The first-order valence-electron chi connectivity index (χ1n) is 10.9. The SMILES string of the molecule is COc1ccccc1C(=O)NCc1nnc2n1CCN(C(=O)[C@@H]1C[C@H]3C=C[C@@H]1C3)CC2. The van der Waals surface area contributed by atoms with Crippen LogP contribution in [0.25, 0.3) is 0 Å². The monoisotopic (exact) mass is 421 g/mol. The van der Waals surface area contributed by atoms with Crippen molar-refractivity contribution in [2.24, 2.45) is 17.8 Å². The lowest BCUT2D eigenvalue weighted by Crippen LogP contribution is -2.39. The van der Waals surface area contributed by atoms with E-state index in [1.54, 1.807) is 25.3 Å². The Labute approximate surface area is 181 Å². The highest BCUT2D eigenvalue weighted by Gasteiger charge is 2.41. The maximum Gasteiger partial charge on any atom is 0.255 e. The zero-order valence-electron chi connectivity index (χ0n) is 17.7. The van der Waals surface area contributed by atoms with Crippen molar-refractivity contribution in [3.63, 3.8) is 0 Å². The lowest BCUT2D eigenvalue weighted by atomic mass is 9.92. The maximum absolute atomic E-state index is 13.1. The number of carbonyl (C=O) groups is 2. The van der Waals surface area contributed by atoms with Crippen molar-refractivity contribution in [3.8, 4) is 5.75 Å². The number of nitrogens with one attached hydrogen (secondary N) is 1. The minimum absolute atomic E-state index is 0.137. The third-order valence-electron chi connectivity index (χ3n) is 6.77. The van der Waals surface area contributed by atoms with Crippen LogP contribution in [0.1, 0.15) is 34.8 Å². The van der Waals surface area contributed by atoms with Crippen molar-refractivity contribution < 1.29 is 14.3 Å². The topological polar surface area (TPSA) is 89.3 Å². The third-order valence-corrected chi connectivity index (χ3v) is 6.77. The molecule has 1 aromatic carbocycles. The zero-order chi connectivity index (χ0) is 21.4. The molecule has 0 unspecified atom stereocenters. The van der Waals surface area contributed by atoms with Crippen LogP contribution in [-0.4, -0.2) is 51.7 Å². The fourth-order valence-electron chi connectivity index (χ4n) is 5.12. The standard InChI is InChI=1S/C23H27N5O3/c1-31-19-5-3-2-4-17(19)22(29)24-14-21-26-25-20-8-9-27(10-11-28(20)21)23(30)18-13-15-6-7-16(18)12-15/h2-7,15-16,18H,8-14H2,1H3,(H,24,29)/t15-,16+,18+/m0/s1. The molecule has 8 nitrogen and oxygen atoms in total. The van der Waals surface area contributed by atoms with E-state index in [2.05, 4.69) is 27.7 Å². The maximum atomic E-state index is 13.1. The average Bonchev–Trinajstić information content (AvgIpc) is 3.50. The molecule has 2 heterocycles. The van der Waals surface area contributed by atoms with Gasteiger partial charge in [0.15, 0.2) is 5.82 Å². The third kappa shape index (κ3) is 3.71. The highest BCUT2D eigenvalue weighted by molar-refractivity contribution is 5.96. The molecular formula is C23H27N5O3. The molecular weight excluding hydrogens is 394 g/mol. The number of para-hydroxylation sites is 1. The first-order valence-corrected chi connectivity index (χ1v) is 10.9. The Bertz CT molecular complexity index is 1030. The molecule has 162 valence electrons. The van der Waals surface area contributed by atoms with Crippen molar-refractivity contribution in [2.45, 2.75) is 32.4 Å². The van der Waals surface area contributed by atoms with Gasteiger partial charge in [0.2, 0.25) is 5.91 Å². The van der Waals surface area contributed by atoms with E-state index in [1.807, 2.05) is 15.5 Å². The summed E-state index contributed by atoms with van der Waals surface area (Å²) < 4.78 is 7.31. The van der Waals surface area contributed by atoms with Crippen LogP contribution in [0.15, 0.2) is 36.4 Å². The number of allylic oxidation sites excluding steroid dienone is 2. The molecule has 5 rings (SSSR count). The molecule has 1 fully saturated rings. The van der Waals surface area contributed by atoms with Crippen LogP contribution in [0, 0.1) is 17.8 Å². The summed E-state index contributed by atoms with van der Waals surface area (Å²) in [5.74, 6) is 3.30. The molecule has 1 saturated carbocycles. The molecule has 0 saturated heterocycles. The predicted octanol–water partition coefficient (Wildman–Crippen LogP) is 1.81. The number of methoxy groups -OCH3 is 1. The van der Waals surface area contributed by atoms with E-state index in [4.69, 9.17) is 4.74 Å². The number of hydrogen-bond donors (Lipinski definition) is 1. The van der Waals surface area contributed by atoms with Crippen LogP contribution < -0.4 is 10.1 Å². The van der Waals surface area contributed by atoms with Crippen LogP contribution in [0.4, 0.5) is 0 Å². The number of aromatic nitrogens is 3. The Hall–Kier alpha value is -3.16. The van der Waals surface area contributed by atoms with Gasteiger partial charge in [0.25, 0.3) is 5.91 Å². The predicted molar refractivity (Wildman–Crippen MR) is 113 cm³/mol. The van der Waals surface area contributed by atoms with Crippen LogP contribution in [-0.2, 0) is 24.3 Å². The molecule has 0 spiro atoms. The second-order valence-corrected chi connectivity index (χ2v) is 8.53. The highest BCUT2D eigenvalue weighted by Crippen LogP contribution is 2.44. The van der Waals surface area contributed by atoms with Crippen molar-refractivity contribution in [1.29, 1.82) is 0 Å². The smallest absolute Gasteiger partial charge is 0.255 e. The van der Waals surface area contributed by atoms with Gasteiger partial charge in [0, 0.05) is 32.0 Å². The zero-order valence-corrected chi connectivity index (χ0v) is 17.7. The molecule has 8 heteroatoms. The first kappa shape index (κ1) is 19.8. The summed E-state index contributed by atoms with van der Waals surface area (Å²) in [6.45, 7) is 2.23. The van der Waals surface area contributed by atoms with Gasteiger partial charge in [-0.25, -0.2) is 0 Å². The normalized spacial score (nSPS) is 24.0. The molecule has 2 amide bonds. The van der Waals surface area contributed by atoms with Gasteiger partial charge in [-0.15, -0.1) is 10.2 Å². The van der Waals surface area contributed by atoms with Crippen molar-refractivity contribution in [1.82, 2.24) is 25.0 Å². The highest BCUT2D eigenvalue weighted by atomic mass is 16.5. The second-order valence-electron chi connectivity index (χ2n) is 8.53. The second kappa shape index (κ2) is 8.17. The summed E-state index contributed by atoms with van der Waals surface area (Å²) >= 11 is 0. The number of amides is 2. The van der Waals surface area contributed by atoms with E-state index >= 15 is 0 Å². The minimum atomic E-state index is -0.218. The van der Waals surface area contributed by atoms with Gasteiger partial charge in [0.1, 0.15) is 11.6 Å². The summed E-state index contributed by atoms with van der Waals surface area (Å²) in [4.78, 5) is 27.7. The van der Waals surface area contributed by atoms with Crippen molar-refractivity contribution in [2.75, 3.05) is 20.2 Å². The van der Waals surface area contributed by atoms with Gasteiger partial charge in [-0.05, 0) is 36.8 Å². The van der Waals surface area contributed by atoms with E-state index in [0.717, 1.165) is 18.7 Å². The summed E-state index contributed by atoms with van der Waals surface area (Å²) in [5.41, 5.74) is 0.484. The van der Waals surface area contributed by atoms with Gasteiger partial charge in [-0.2, -0.15) is 0 Å². The van der Waals surface area contributed by atoms with Gasteiger partial charge < -0.3 is 19.5 Å². The molecule has 1 N–H and O–H groups in total. The molecule has 2 bridgehead atoms. The van der Waals surface area contributed by atoms with Gasteiger partial charge >= 0.3 is 0 Å². The lowest BCUT2D eigenvalue weighted by molar-refractivity contribution is -0.136. The summed E-state index contributed by atoms with van der Waals surface area (Å²) in [7, 11) is 1.55. The largest absolute Gasteiger partial charge is 0.496 e. The number of ether oxygens (including phenoxy) is 1. The number of carbonyl (C=O) groups excluding carboxylic acids is 2. The van der Waals surface area contributed by atoms with Crippen LogP contribution in [0.5, 0.6) is 5.75 Å². The van der Waals surface area contributed by atoms with Crippen molar-refractivity contribution >= 4 is 11.8 Å². The summed E-state index contributed by atoms with van der Waals surface area (Å²) in [5, 5.41) is 11.5. The van der Waals surface area contributed by atoms with E-state index in [-0.39, 0.29) is 24.3 Å². The number of nitrogens with zero attached hydrogens (tertiary/aromatic N) is 4. The Kier molecular flexibility index (Phi) is 5.21. The molecule has 1 aromatic heterocycles. The van der Waals surface area contributed by atoms with Crippen LogP contribution in [0.2, 0.25) is 0 Å². The van der Waals surface area contributed by atoms with E-state index in [0.29, 0.717) is 55.0 Å². The number of hydrogen-bond acceptors (Lipinski definition) is 5. The Balaban J connectivity index is 1.22. The fraction of sp³-hybridized carbons (Fsp3) is 0.478. The Morgan fingerprint density at radius 1 is 1.13 bits per heavy atom. The lowest BCUT2D eigenvalue weighted by Gasteiger charge is -2.26. The summed E-state index contributed by atoms with van der Waals surface area (Å²) in [6, 6.07) is 7.12. The van der Waals surface area contributed by atoms with E-state index < -0.39 is 0 Å². The molecule has 31 heavy (non-hydrogen) atoms. The molecule has 0 radical (unpaired) electrons. The van der Waals surface area contributed by atoms with E-state index in [9.17, 15) is 9.59 Å². The number of rotatable bonds is 5. The first-order chi connectivity index (χ1) is 15.1. The summed E-state index contributed by atoms with van der Waals surface area (Å²) in [6.07, 6.45) is 7.29. The molecule has 1 aliphatic heterocycles. The van der Waals surface area contributed by atoms with Crippen molar-refractivity contribution in [3.05, 3.63) is 53.6 Å². The Morgan fingerprint density at radius 3 is 2.77 bits per heavy atom. The fourth-order valence-corrected chi connectivity index (χ4v) is 5.12. The van der Waals surface area contributed by atoms with Gasteiger partial charge in [0.05, 0.1) is 19.2 Å².